The third kappa shape index (κ3) is 4.16. The lowest BCUT2D eigenvalue weighted by Crippen LogP contribution is -1.83. The lowest BCUT2D eigenvalue weighted by Gasteiger charge is -2.03. The molecule has 0 aliphatic carbocycles. The molecule has 0 heteroatoms. The molecule has 0 amide bonds. The molecule has 0 aliphatic rings. The van der Waals surface area contributed by atoms with Crippen LogP contribution in [-0.2, 0) is 0 Å². The van der Waals surface area contributed by atoms with E-state index in [4.69, 9.17) is 0 Å². The molecule has 0 nitrogen and oxygen atoms in total. The van der Waals surface area contributed by atoms with Crippen LogP contribution in [0.1, 0.15) is 32.8 Å². The predicted molar refractivity (Wildman–Crippen MR) is 68.7 cm³/mol. The van der Waals surface area contributed by atoms with Gasteiger partial charge in [0.1, 0.15) is 0 Å². The van der Waals surface area contributed by atoms with Crippen LogP contribution in [0.5, 0.6) is 0 Å². The van der Waals surface area contributed by atoms with Crippen molar-refractivity contribution in [2.75, 3.05) is 0 Å². The molecule has 0 bridgehead atoms. The summed E-state index contributed by atoms with van der Waals surface area (Å²) in [6.07, 6.45) is 7.82. The third-order valence-corrected chi connectivity index (χ3v) is 2.19. The van der Waals surface area contributed by atoms with Gasteiger partial charge >= 0.3 is 0 Å². The summed E-state index contributed by atoms with van der Waals surface area (Å²) in [7, 11) is 0. The number of rotatable bonds is 4. The summed E-state index contributed by atoms with van der Waals surface area (Å²) in [5, 5.41) is 0. The van der Waals surface area contributed by atoms with Crippen LogP contribution in [0.2, 0.25) is 0 Å². The van der Waals surface area contributed by atoms with E-state index >= 15 is 0 Å². The molecule has 0 fully saturated rings. The van der Waals surface area contributed by atoms with Gasteiger partial charge in [-0.3, -0.25) is 0 Å². The van der Waals surface area contributed by atoms with Gasteiger partial charge in [-0.2, -0.15) is 0 Å². The van der Waals surface area contributed by atoms with E-state index in [1.807, 2.05) is 0 Å². The lowest BCUT2D eigenvalue weighted by atomic mass is 10.0. The van der Waals surface area contributed by atoms with Crippen LogP contribution >= 0.6 is 0 Å². The topological polar surface area (TPSA) is 0 Å². The Morgan fingerprint density at radius 1 is 1.20 bits per heavy atom. The molecule has 1 rings (SSSR count). The van der Waals surface area contributed by atoms with Crippen molar-refractivity contribution in [2.45, 2.75) is 27.2 Å². The number of benzene rings is 1. The van der Waals surface area contributed by atoms with E-state index in [0.717, 1.165) is 6.42 Å². The molecule has 1 aromatic carbocycles. The minimum Gasteiger partial charge on any atom is -0.0814 e. The first kappa shape index (κ1) is 11.8. The fourth-order valence-electron chi connectivity index (χ4n) is 1.43. The van der Waals surface area contributed by atoms with Crippen LogP contribution in [-0.4, -0.2) is 0 Å². The zero-order valence-corrected chi connectivity index (χ0v) is 9.90. The Balaban J connectivity index is 2.90. The van der Waals surface area contributed by atoms with Crippen LogP contribution in [0.4, 0.5) is 0 Å². The number of hydrogen-bond acceptors (Lipinski definition) is 0. The Morgan fingerprint density at radius 3 is 2.40 bits per heavy atom. The number of allylic oxidation sites excluding steroid dienone is 4. The van der Waals surface area contributed by atoms with Gasteiger partial charge in [-0.15, -0.1) is 0 Å². The van der Waals surface area contributed by atoms with Crippen LogP contribution < -0.4 is 0 Å². The van der Waals surface area contributed by atoms with Gasteiger partial charge in [0.05, 0.1) is 0 Å². The Kier molecular flexibility index (Phi) is 4.89. The van der Waals surface area contributed by atoms with E-state index in [-0.39, 0.29) is 0 Å². The molecule has 0 saturated carbocycles. The molecule has 0 radical (unpaired) electrons. The van der Waals surface area contributed by atoms with E-state index in [0.29, 0.717) is 5.92 Å². The monoisotopic (exact) mass is 200 g/mol. The minimum atomic E-state index is 0.606. The summed E-state index contributed by atoms with van der Waals surface area (Å²) < 4.78 is 0. The van der Waals surface area contributed by atoms with Crippen molar-refractivity contribution in [1.82, 2.24) is 0 Å². The molecule has 80 valence electrons. The van der Waals surface area contributed by atoms with Crippen LogP contribution in [0.15, 0.2) is 48.6 Å². The van der Waals surface area contributed by atoms with E-state index in [1.54, 1.807) is 0 Å². The maximum atomic E-state index is 2.27. The molecule has 1 aromatic rings. The van der Waals surface area contributed by atoms with Crippen molar-refractivity contribution in [3.8, 4) is 0 Å². The fourth-order valence-corrected chi connectivity index (χ4v) is 1.43. The van der Waals surface area contributed by atoms with E-state index in [1.165, 1.54) is 11.1 Å². The van der Waals surface area contributed by atoms with Crippen molar-refractivity contribution in [2.24, 2.45) is 5.92 Å². The predicted octanol–water partition coefficient (Wildman–Crippen LogP) is 4.69. The van der Waals surface area contributed by atoms with Crippen molar-refractivity contribution >= 4 is 5.57 Å². The SMILES string of the molecule is CC/C=C(\C=C/C(C)C)c1ccccc1. The Hall–Kier alpha value is -1.30. The summed E-state index contributed by atoms with van der Waals surface area (Å²) in [6.45, 7) is 6.57. The van der Waals surface area contributed by atoms with Crippen molar-refractivity contribution in [3.63, 3.8) is 0 Å². The van der Waals surface area contributed by atoms with Gasteiger partial charge in [0, 0.05) is 0 Å². The summed E-state index contributed by atoms with van der Waals surface area (Å²) in [5.74, 6) is 0.606. The summed E-state index contributed by atoms with van der Waals surface area (Å²) >= 11 is 0. The molecular formula is C15H20. The minimum absolute atomic E-state index is 0.606. The summed E-state index contributed by atoms with van der Waals surface area (Å²) in [4.78, 5) is 0. The molecule has 0 aliphatic heterocycles. The maximum absolute atomic E-state index is 2.27. The van der Waals surface area contributed by atoms with E-state index in [2.05, 4.69) is 69.3 Å². The quantitative estimate of drug-likeness (QED) is 0.618. The van der Waals surface area contributed by atoms with Gasteiger partial charge in [-0.25, -0.2) is 0 Å². The Morgan fingerprint density at radius 2 is 1.87 bits per heavy atom. The number of hydrogen-bond donors (Lipinski definition) is 0. The Bertz CT molecular complexity index is 328. The molecule has 0 aromatic heterocycles. The highest BCUT2D eigenvalue weighted by Gasteiger charge is 1.95. The average Bonchev–Trinajstić information content (AvgIpc) is 2.25. The molecule has 0 heterocycles. The summed E-state index contributed by atoms with van der Waals surface area (Å²) in [5.41, 5.74) is 2.63. The van der Waals surface area contributed by atoms with E-state index in [9.17, 15) is 0 Å². The maximum Gasteiger partial charge on any atom is -0.0187 e. The van der Waals surface area contributed by atoms with Gasteiger partial charge in [-0.05, 0) is 23.5 Å². The van der Waals surface area contributed by atoms with Gasteiger partial charge in [0.15, 0.2) is 0 Å². The van der Waals surface area contributed by atoms with Gasteiger partial charge in [0.2, 0.25) is 0 Å². The van der Waals surface area contributed by atoms with Crippen LogP contribution in [0, 0.1) is 5.92 Å². The van der Waals surface area contributed by atoms with Crippen LogP contribution in [0.3, 0.4) is 0 Å². The molecule has 0 unspecified atom stereocenters. The zero-order chi connectivity index (χ0) is 11.1. The van der Waals surface area contributed by atoms with Gasteiger partial charge in [0.25, 0.3) is 0 Å². The Labute approximate surface area is 93.3 Å². The largest absolute Gasteiger partial charge is 0.0814 e. The second kappa shape index (κ2) is 6.23. The highest BCUT2D eigenvalue weighted by atomic mass is 14.0. The van der Waals surface area contributed by atoms with E-state index < -0.39 is 0 Å². The second-order valence-corrected chi connectivity index (χ2v) is 4.04. The molecule has 0 saturated heterocycles. The normalized spacial score (nSPS) is 12.7. The first-order valence-corrected chi connectivity index (χ1v) is 5.67. The average molecular weight is 200 g/mol. The third-order valence-electron chi connectivity index (χ3n) is 2.19. The first-order chi connectivity index (χ1) is 7.24. The zero-order valence-electron chi connectivity index (χ0n) is 9.90. The first-order valence-electron chi connectivity index (χ1n) is 5.67. The molecule has 0 atom stereocenters. The molecular weight excluding hydrogens is 180 g/mol. The lowest BCUT2D eigenvalue weighted by molar-refractivity contribution is 0.832. The smallest absolute Gasteiger partial charge is 0.0187 e. The van der Waals surface area contributed by atoms with Gasteiger partial charge in [-0.1, -0.05) is 69.3 Å². The van der Waals surface area contributed by atoms with Crippen molar-refractivity contribution in [1.29, 1.82) is 0 Å². The van der Waals surface area contributed by atoms with Gasteiger partial charge < -0.3 is 0 Å². The standard InChI is InChI=1S/C15H20/c1-4-8-14(12-11-13(2)3)15-9-6-5-7-10-15/h5-13H,4H2,1-3H3/b12-11-,14-8+. The van der Waals surface area contributed by atoms with Crippen molar-refractivity contribution in [3.05, 3.63) is 54.1 Å². The summed E-state index contributed by atoms with van der Waals surface area (Å²) in [6, 6.07) is 10.5. The highest BCUT2D eigenvalue weighted by molar-refractivity contribution is 5.73. The van der Waals surface area contributed by atoms with Crippen molar-refractivity contribution < 1.29 is 0 Å². The highest BCUT2D eigenvalue weighted by Crippen LogP contribution is 2.17. The fraction of sp³-hybridized carbons (Fsp3) is 0.333. The van der Waals surface area contributed by atoms with Crippen LogP contribution in [0.25, 0.3) is 5.57 Å². The molecule has 15 heavy (non-hydrogen) atoms. The molecule has 0 N–H and O–H groups in total. The molecule has 0 spiro atoms. The second-order valence-electron chi connectivity index (χ2n) is 4.04.